The van der Waals surface area contributed by atoms with E-state index in [1.165, 1.54) is 5.52 Å². The highest BCUT2D eigenvalue weighted by atomic mass is 16.5. The van der Waals surface area contributed by atoms with Crippen molar-refractivity contribution >= 4 is 11.0 Å². The zero-order valence-electron chi connectivity index (χ0n) is 14.4. The molecule has 3 rings (SSSR count). The van der Waals surface area contributed by atoms with Gasteiger partial charge in [0.15, 0.2) is 0 Å². The second-order valence-corrected chi connectivity index (χ2v) is 5.76. The monoisotopic (exact) mass is 324 g/mol. The number of benzene rings is 2. The van der Waals surface area contributed by atoms with Gasteiger partial charge in [0.1, 0.15) is 17.3 Å². The van der Waals surface area contributed by atoms with E-state index < -0.39 is 0 Å². The van der Waals surface area contributed by atoms with Crippen LogP contribution in [-0.2, 0) is 13.0 Å². The second kappa shape index (κ2) is 7.86. The predicted molar refractivity (Wildman–Crippen MR) is 96.8 cm³/mol. The van der Waals surface area contributed by atoms with E-state index in [2.05, 4.69) is 29.7 Å². The molecular formula is C20H24N2O2. The van der Waals surface area contributed by atoms with E-state index in [1.807, 2.05) is 30.3 Å². The average Bonchev–Trinajstić information content (AvgIpc) is 2.99. The Kier molecular flexibility index (Phi) is 5.36. The van der Waals surface area contributed by atoms with Gasteiger partial charge in [0.2, 0.25) is 0 Å². The quantitative estimate of drug-likeness (QED) is 0.574. The first kappa shape index (κ1) is 16.4. The van der Waals surface area contributed by atoms with E-state index in [1.54, 1.807) is 7.11 Å². The smallest absolute Gasteiger partial charge is 0.122 e. The lowest BCUT2D eigenvalue weighted by Gasteiger charge is -2.10. The second-order valence-electron chi connectivity index (χ2n) is 5.76. The van der Waals surface area contributed by atoms with Crippen molar-refractivity contribution in [3.63, 3.8) is 0 Å². The third-order valence-corrected chi connectivity index (χ3v) is 4.14. The van der Waals surface area contributed by atoms with Crippen molar-refractivity contribution in [3.05, 3.63) is 54.4 Å². The average molecular weight is 324 g/mol. The fourth-order valence-corrected chi connectivity index (χ4v) is 2.90. The Bertz CT molecular complexity index is 795. The molecule has 0 amide bonds. The first-order valence-electron chi connectivity index (χ1n) is 8.53. The molecule has 0 bridgehead atoms. The molecule has 3 aromatic rings. The Hall–Kier alpha value is -2.49. The molecule has 0 aliphatic heterocycles. The molecule has 1 heterocycles. The lowest BCUT2D eigenvalue weighted by atomic mass is 10.3. The molecule has 0 radical (unpaired) electrons. The molecule has 4 heteroatoms. The number of methoxy groups -OCH3 is 1. The third-order valence-electron chi connectivity index (χ3n) is 4.14. The molecule has 0 unspecified atom stereocenters. The van der Waals surface area contributed by atoms with Gasteiger partial charge in [0.05, 0.1) is 24.8 Å². The van der Waals surface area contributed by atoms with E-state index in [4.69, 9.17) is 14.5 Å². The molecule has 4 nitrogen and oxygen atoms in total. The van der Waals surface area contributed by atoms with Crippen LogP contribution in [0.5, 0.6) is 11.5 Å². The summed E-state index contributed by atoms with van der Waals surface area (Å²) in [6, 6.07) is 16.1. The maximum Gasteiger partial charge on any atom is 0.122 e. The molecule has 0 saturated heterocycles. The molecule has 0 saturated carbocycles. The Morgan fingerprint density at radius 2 is 1.83 bits per heavy atom. The van der Waals surface area contributed by atoms with Crippen molar-refractivity contribution in [1.29, 1.82) is 0 Å². The van der Waals surface area contributed by atoms with Gasteiger partial charge in [-0.25, -0.2) is 4.98 Å². The first-order valence-corrected chi connectivity index (χ1v) is 8.53. The highest BCUT2D eigenvalue weighted by molar-refractivity contribution is 5.75. The Morgan fingerprint density at radius 3 is 2.67 bits per heavy atom. The van der Waals surface area contributed by atoms with Gasteiger partial charge in [-0.05, 0) is 37.1 Å². The molecule has 0 aliphatic carbocycles. The van der Waals surface area contributed by atoms with Crippen LogP contribution >= 0.6 is 0 Å². The zero-order valence-corrected chi connectivity index (χ0v) is 14.4. The van der Waals surface area contributed by atoms with Crippen LogP contribution in [0.2, 0.25) is 0 Å². The standard InChI is InChI=1S/C20H24N2O2/c1-3-20-21-18-11-4-5-12-19(18)22(20)13-6-7-14-24-17-10-8-9-16(15-17)23-2/h4-5,8-12,15H,3,6-7,13-14H2,1-2H3. The summed E-state index contributed by atoms with van der Waals surface area (Å²) in [6.45, 7) is 3.84. The van der Waals surface area contributed by atoms with E-state index in [0.717, 1.165) is 48.6 Å². The number of hydrogen-bond acceptors (Lipinski definition) is 3. The van der Waals surface area contributed by atoms with Gasteiger partial charge in [-0.15, -0.1) is 0 Å². The SMILES string of the molecule is CCc1nc2ccccc2n1CCCCOc1cccc(OC)c1. The maximum atomic E-state index is 5.81. The number of ether oxygens (including phenoxy) is 2. The van der Waals surface area contributed by atoms with Gasteiger partial charge >= 0.3 is 0 Å². The van der Waals surface area contributed by atoms with Gasteiger partial charge in [0, 0.05) is 19.0 Å². The minimum absolute atomic E-state index is 0.710. The largest absolute Gasteiger partial charge is 0.497 e. The minimum atomic E-state index is 0.710. The Labute approximate surface area is 143 Å². The van der Waals surface area contributed by atoms with Crippen LogP contribution in [0.25, 0.3) is 11.0 Å². The van der Waals surface area contributed by atoms with Crippen LogP contribution in [-0.4, -0.2) is 23.3 Å². The summed E-state index contributed by atoms with van der Waals surface area (Å²) < 4.78 is 13.3. The number of hydrogen-bond donors (Lipinski definition) is 0. The highest BCUT2D eigenvalue weighted by Crippen LogP contribution is 2.20. The van der Waals surface area contributed by atoms with Crippen LogP contribution in [0.1, 0.15) is 25.6 Å². The van der Waals surface area contributed by atoms with Crippen LogP contribution in [0, 0.1) is 0 Å². The Morgan fingerprint density at radius 1 is 1.00 bits per heavy atom. The zero-order chi connectivity index (χ0) is 16.8. The van der Waals surface area contributed by atoms with E-state index in [-0.39, 0.29) is 0 Å². The molecule has 24 heavy (non-hydrogen) atoms. The van der Waals surface area contributed by atoms with Crippen LogP contribution in [0.4, 0.5) is 0 Å². The number of imidazole rings is 1. The van der Waals surface area contributed by atoms with Crippen LogP contribution < -0.4 is 9.47 Å². The van der Waals surface area contributed by atoms with Crippen LogP contribution in [0.3, 0.4) is 0 Å². The third kappa shape index (κ3) is 3.70. The number of aromatic nitrogens is 2. The normalized spacial score (nSPS) is 10.9. The summed E-state index contributed by atoms with van der Waals surface area (Å²) in [5.74, 6) is 2.84. The van der Waals surface area contributed by atoms with Crippen molar-refractivity contribution in [1.82, 2.24) is 9.55 Å². The first-order chi connectivity index (χ1) is 11.8. The number of nitrogens with zero attached hydrogens (tertiary/aromatic N) is 2. The maximum absolute atomic E-state index is 5.81. The van der Waals surface area contributed by atoms with Crippen molar-refractivity contribution in [2.45, 2.75) is 32.7 Å². The molecule has 2 aromatic carbocycles. The summed E-state index contributed by atoms with van der Waals surface area (Å²) in [5.41, 5.74) is 2.31. The molecule has 0 aliphatic rings. The lowest BCUT2D eigenvalue weighted by Crippen LogP contribution is -2.05. The fraction of sp³-hybridized carbons (Fsp3) is 0.350. The number of unbranched alkanes of at least 4 members (excludes halogenated alkanes) is 1. The summed E-state index contributed by atoms with van der Waals surface area (Å²) in [7, 11) is 1.67. The van der Waals surface area contributed by atoms with Gasteiger partial charge in [0.25, 0.3) is 0 Å². The number of para-hydroxylation sites is 2. The lowest BCUT2D eigenvalue weighted by molar-refractivity contribution is 0.301. The summed E-state index contributed by atoms with van der Waals surface area (Å²) >= 11 is 0. The molecule has 1 aromatic heterocycles. The summed E-state index contributed by atoms with van der Waals surface area (Å²) in [4.78, 5) is 4.71. The predicted octanol–water partition coefficient (Wildman–Crippen LogP) is 4.47. The number of fused-ring (bicyclic) bond motifs is 1. The minimum Gasteiger partial charge on any atom is -0.497 e. The molecule has 0 atom stereocenters. The van der Waals surface area contributed by atoms with Crippen LogP contribution in [0.15, 0.2) is 48.5 Å². The Balaban J connectivity index is 1.53. The summed E-state index contributed by atoms with van der Waals surface area (Å²) in [6.07, 6.45) is 3.03. The van der Waals surface area contributed by atoms with Gasteiger partial charge in [-0.3, -0.25) is 0 Å². The molecule has 126 valence electrons. The molecule has 0 spiro atoms. The van der Waals surface area contributed by atoms with E-state index >= 15 is 0 Å². The van der Waals surface area contributed by atoms with Crippen molar-refractivity contribution in [2.24, 2.45) is 0 Å². The van der Waals surface area contributed by atoms with Gasteiger partial charge in [-0.2, -0.15) is 0 Å². The summed E-state index contributed by atoms with van der Waals surface area (Å²) in [5, 5.41) is 0. The molecule has 0 fully saturated rings. The molecule has 0 N–H and O–H groups in total. The topological polar surface area (TPSA) is 36.3 Å². The van der Waals surface area contributed by atoms with Gasteiger partial charge < -0.3 is 14.0 Å². The van der Waals surface area contributed by atoms with E-state index in [0.29, 0.717) is 6.61 Å². The van der Waals surface area contributed by atoms with Crippen molar-refractivity contribution in [3.8, 4) is 11.5 Å². The molecular weight excluding hydrogens is 300 g/mol. The fourth-order valence-electron chi connectivity index (χ4n) is 2.90. The van der Waals surface area contributed by atoms with Gasteiger partial charge in [-0.1, -0.05) is 25.1 Å². The number of aryl methyl sites for hydroxylation is 2. The number of rotatable bonds is 8. The van der Waals surface area contributed by atoms with Crippen molar-refractivity contribution < 1.29 is 9.47 Å². The van der Waals surface area contributed by atoms with Crippen molar-refractivity contribution in [2.75, 3.05) is 13.7 Å². The highest BCUT2D eigenvalue weighted by Gasteiger charge is 2.08. The van der Waals surface area contributed by atoms with E-state index in [9.17, 15) is 0 Å².